The molecule has 0 heterocycles. The molecule has 1 atom stereocenters. The van der Waals surface area contributed by atoms with E-state index in [9.17, 15) is 9.59 Å². The monoisotopic (exact) mass is 301 g/mol. The maximum atomic E-state index is 11.7. The van der Waals surface area contributed by atoms with Crippen LogP contribution in [-0.2, 0) is 14.3 Å². The van der Waals surface area contributed by atoms with E-state index in [1.807, 2.05) is 36.4 Å². The summed E-state index contributed by atoms with van der Waals surface area (Å²) in [4.78, 5) is 23.1. The summed E-state index contributed by atoms with van der Waals surface area (Å²) in [6, 6.07) is 13.4. The van der Waals surface area contributed by atoms with Gasteiger partial charge in [-0.3, -0.25) is 4.79 Å². The standard InChI is InChI=1S/C17H19NO4/c1-3-18-17(20)12(2)22-16(19)11-21-15-9-8-13-6-4-5-7-14(13)10-15/h4-10,12H,3,11H2,1-2H3,(H,18,20)/t12-/m0/s1. The van der Waals surface area contributed by atoms with Crippen LogP contribution in [0.5, 0.6) is 5.75 Å². The third-order valence-corrected chi connectivity index (χ3v) is 3.11. The number of likely N-dealkylation sites (N-methyl/N-ethyl adjacent to an activating group) is 1. The van der Waals surface area contributed by atoms with Gasteiger partial charge in [-0.05, 0) is 36.8 Å². The van der Waals surface area contributed by atoms with Crippen molar-refractivity contribution in [1.29, 1.82) is 0 Å². The van der Waals surface area contributed by atoms with Crippen molar-refractivity contribution in [2.24, 2.45) is 0 Å². The van der Waals surface area contributed by atoms with E-state index >= 15 is 0 Å². The van der Waals surface area contributed by atoms with Gasteiger partial charge < -0.3 is 14.8 Å². The van der Waals surface area contributed by atoms with Crippen molar-refractivity contribution < 1.29 is 19.1 Å². The smallest absolute Gasteiger partial charge is 0.344 e. The van der Waals surface area contributed by atoms with Crippen molar-refractivity contribution in [1.82, 2.24) is 5.32 Å². The number of ether oxygens (including phenoxy) is 2. The quantitative estimate of drug-likeness (QED) is 0.831. The number of hydrogen-bond donors (Lipinski definition) is 1. The van der Waals surface area contributed by atoms with Crippen molar-refractivity contribution in [3.63, 3.8) is 0 Å². The van der Waals surface area contributed by atoms with Crippen molar-refractivity contribution in [2.75, 3.05) is 13.2 Å². The van der Waals surface area contributed by atoms with Crippen LogP contribution in [0.3, 0.4) is 0 Å². The molecule has 0 aliphatic rings. The second-order valence-electron chi connectivity index (χ2n) is 4.82. The van der Waals surface area contributed by atoms with Crippen molar-refractivity contribution in [3.8, 4) is 5.75 Å². The van der Waals surface area contributed by atoms with Crippen molar-refractivity contribution in [2.45, 2.75) is 20.0 Å². The molecule has 5 nitrogen and oxygen atoms in total. The summed E-state index contributed by atoms with van der Waals surface area (Å²) in [5, 5.41) is 4.72. The van der Waals surface area contributed by atoms with Crippen LogP contribution in [0.15, 0.2) is 42.5 Å². The highest BCUT2D eigenvalue weighted by Gasteiger charge is 2.17. The van der Waals surface area contributed by atoms with E-state index in [1.165, 1.54) is 6.92 Å². The van der Waals surface area contributed by atoms with Gasteiger partial charge in [0.25, 0.3) is 5.91 Å². The Bertz CT molecular complexity index is 669. The van der Waals surface area contributed by atoms with Gasteiger partial charge in [-0.2, -0.15) is 0 Å². The Kier molecular flexibility index (Phi) is 5.36. The molecule has 22 heavy (non-hydrogen) atoms. The zero-order valence-corrected chi connectivity index (χ0v) is 12.7. The molecule has 0 saturated carbocycles. The lowest BCUT2D eigenvalue weighted by Crippen LogP contribution is -2.36. The minimum Gasteiger partial charge on any atom is -0.482 e. The average Bonchev–Trinajstić information content (AvgIpc) is 2.53. The van der Waals surface area contributed by atoms with Crippen LogP contribution in [0, 0.1) is 0 Å². The Morgan fingerprint density at radius 2 is 1.86 bits per heavy atom. The number of hydrogen-bond acceptors (Lipinski definition) is 4. The molecule has 1 N–H and O–H groups in total. The number of benzene rings is 2. The number of carbonyl (C=O) groups is 2. The fourth-order valence-electron chi connectivity index (χ4n) is 2.00. The normalized spacial score (nSPS) is 11.7. The number of carbonyl (C=O) groups excluding carboxylic acids is 2. The lowest BCUT2D eigenvalue weighted by molar-refractivity contribution is -0.156. The van der Waals surface area contributed by atoms with Gasteiger partial charge >= 0.3 is 5.97 Å². The highest BCUT2D eigenvalue weighted by molar-refractivity contribution is 5.84. The summed E-state index contributed by atoms with van der Waals surface area (Å²) in [7, 11) is 0. The summed E-state index contributed by atoms with van der Waals surface area (Å²) in [6.07, 6.45) is -0.826. The summed E-state index contributed by atoms with van der Waals surface area (Å²) < 4.78 is 10.4. The van der Waals surface area contributed by atoms with Gasteiger partial charge in [0.15, 0.2) is 12.7 Å². The lowest BCUT2D eigenvalue weighted by Gasteiger charge is -2.13. The fourth-order valence-corrected chi connectivity index (χ4v) is 2.00. The second-order valence-corrected chi connectivity index (χ2v) is 4.82. The molecule has 5 heteroatoms. The van der Waals surface area contributed by atoms with Crippen LogP contribution < -0.4 is 10.1 Å². The molecule has 0 saturated heterocycles. The summed E-state index contributed by atoms with van der Waals surface area (Å²) >= 11 is 0. The predicted octanol–water partition coefficient (Wildman–Crippen LogP) is 2.29. The molecule has 0 bridgehead atoms. The van der Waals surface area contributed by atoms with E-state index in [1.54, 1.807) is 13.0 Å². The number of esters is 1. The number of amides is 1. The van der Waals surface area contributed by atoms with Gasteiger partial charge in [0.2, 0.25) is 0 Å². The van der Waals surface area contributed by atoms with Gasteiger partial charge in [0, 0.05) is 6.54 Å². The van der Waals surface area contributed by atoms with Crippen molar-refractivity contribution in [3.05, 3.63) is 42.5 Å². The molecule has 0 fully saturated rings. The first-order valence-electron chi connectivity index (χ1n) is 7.19. The summed E-state index contributed by atoms with van der Waals surface area (Å²) in [5.41, 5.74) is 0. The molecule has 2 aromatic carbocycles. The fraction of sp³-hybridized carbons (Fsp3) is 0.294. The second kappa shape index (κ2) is 7.45. The summed E-state index contributed by atoms with van der Waals surface area (Å²) in [6.45, 7) is 3.59. The SMILES string of the molecule is CCNC(=O)[C@H](C)OC(=O)COc1ccc2ccccc2c1. The average molecular weight is 301 g/mol. The molecule has 2 aromatic rings. The Morgan fingerprint density at radius 1 is 1.14 bits per heavy atom. The Hall–Kier alpha value is -2.56. The molecule has 116 valence electrons. The first-order valence-corrected chi connectivity index (χ1v) is 7.19. The van der Waals surface area contributed by atoms with Crippen LogP contribution in [0.25, 0.3) is 10.8 Å². The minimum atomic E-state index is -0.826. The third-order valence-electron chi connectivity index (χ3n) is 3.11. The van der Waals surface area contributed by atoms with Crippen LogP contribution in [0.2, 0.25) is 0 Å². The third kappa shape index (κ3) is 4.22. The van der Waals surface area contributed by atoms with E-state index in [-0.39, 0.29) is 12.5 Å². The molecule has 0 radical (unpaired) electrons. The van der Waals surface area contributed by atoms with Crippen LogP contribution in [0.4, 0.5) is 0 Å². The number of rotatable bonds is 6. The van der Waals surface area contributed by atoms with Crippen LogP contribution in [0.1, 0.15) is 13.8 Å². The molecular formula is C17H19NO4. The summed E-state index contributed by atoms with van der Waals surface area (Å²) in [5.74, 6) is -0.310. The highest BCUT2D eigenvalue weighted by atomic mass is 16.6. The van der Waals surface area contributed by atoms with Gasteiger partial charge in [0.05, 0.1) is 0 Å². The van der Waals surface area contributed by atoms with E-state index in [0.717, 1.165) is 10.8 Å². The molecule has 0 spiro atoms. The molecule has 0 aliphatic heterocycles. The van der Waals surface area contributed by atoms with Gasteiger partial charge in [0.1, 0.15) is 5.75 Å². The molecule has 1 amide bonds. The van der Waals surface area contributed by atoms with Gasteiger partial charge in [-0.25, -0.2) is 4.79 Å². The maximum absolute atomic E-state index is 11.7. The van der Waals surface area contributed by atoms with Crippen molar-refractivity contribution >= 4 is 22.6 Å². The largest absolute Gasteiger partial charge is 0.482 e. The van der Waals surface area contributed by atoms with Crippen LogP contribution >= 0.6 is 0 Å². The number of fused-ring (bicyclic) bond motifs is 1. The van der Waals surface area contributed by atoms with E-state index in [0.29, 0.717) is 12.3 Å². The lowest BCUT2D eigenvalue weighted by atomic mass is 10.1. The maximum Gasteiger partial charge on any atom is 0.344 e. The first-order chi connectivity index (χ1) is 10.6. The molecule has 0 aromatic heterocycles. The minimum absolute atomic E-state index is 0.234. The van der Waals surface area contributed by atoms with Crippen LogP contribution in [-0.4, -0.2) is 31.1 Å². The Balaban J connectivity index is 1.88. The topological polar surface area (TPSA) is 64.6 Å². The Morgan fingerprint density at radius 3 is 2.59 bits per heavy atom. The Labute approximate surface area is 129 Å². The van der Waals surface area contributed by atoms with E-state index in [4.69, 9.17) is 9.47 Å². The zero-order chi connectivity index (χ0) is 15.9. The zero-order valence-electron chi connectivity index (χ0n) is 12.7. The predicted molar refractivity (Wildman–Crippen MR) is 83.7 cm³/mol. The molecule has 2 rings (SSSR count). The molecule has 0 aliphatic carbocycles. The van der Waals surface area contributed by atoms with Gasteiger partial charge in [-0.15, -0.1) is 0 Å². The molecular weight excluding hydrogens is 282 g/mol. The van der Waals surface area contributed by atoms with E-state index < -0.39 is 12.1 Å². The molecule has 0 unspecified atom stereocenters. The van der Waals surface area contributed by atoms with E-state index in [2.05, 4.69) is 5.32 Å². The highest BCUT2D eigenvalue weighted by Crippen LogP contribution is 2.20. The van der Waals surface area contributed by atoms with Gasteiger partial charge in [-0.1, -0.05) is 30.3 Å². The number of nitrogens with one attached hydrogen (secondary N) is 1. The first kappa shape index (κ1) is 15.8.